The van der Waals surface area contributed by atoms with E-state index < -0.39 is 27.7 Å². The highest BCUT2D eigenvalue weighted by molar-refractivity contribution is 9.10. The van der Waals surface area contributed by atoms with Gasteiger partial charge in [0.25, 0.3) is 15.9 Å². The molecule has 0 atom stereocenters. The molecule has 0 aliphatic carbocycles. The number of nitrogens with zero attached hydrogens (tertiary/aromatic N) is 2. The van der Waals surface area contributed by atoms with E-state index in [0.29, 0.717) is 21.8 Å². The molecule has 0 unspecified atom stereocenters. The van der Waals surface area contributed by atoms with Crippen LogP contribution in [0.5, 0.6) is 0 Å². The Labute approximate surface area is 184 Å². The molecule has 1 amide bonds. The Morgan fingerprint density at radius 1 is 1.13 bits per heavy atom. The van der Waals surface area contributed by atoms with Crippen molar-refractivity contribution >= 4 is 43.2 Å². The summed E-state index contributed by atoms with van der Waals surface area (Å²) in [5, 5.41) is 6.60. The number of halogens is 4. The first kappa shape index (κ1) is 22.8. The van der Waals surface area contributed by atoms with Crippen LogP contribution in [0, 0.1) is 6.92 Å². The molecule has 0 fully saturated rings. The maximum atomic E-state index is 12.9. The van der Waals surface area contributed by atoms with Gasteiger partial charge in [0.15, 0.2) is 0 Å². The van der Waals surface area contributed by atoms with Crippen LogP contribution in [-0.4, -0.2) is 24.1 Å². The van der Waals surface area contributed by atoms with E-state index in [1.165, 1.54) is 42.1 Å². The maximum absolute atomic E-state index is 12.9. The summed E-state index contributed by atoms with van der Waals surface area (Å²) in [7, 11) is -2.56. The van der Waals surface area contributed by atoms with Crippen molar-refractivity contribution in [3.63, 3.8) is 0 Å². The highest BCUT2D eigenvalue weighted by atomic mass is 79.9. The fraction of sp³-hybridized carbons (Fsp3) is 0.158. The Balaban J connectivity index is 1.83. The molecular formula is C19H16BrF3N4O3S. The molecule has 0 radical (unpaired) electrons. The Kier molecular flexibility index (Phi) is 6.14. The molecular weight excluding hydrogens is 501 g/mol. The van der Waals surface area contributed by atoms with Crippen LogP contribution in [-0.2, 0) is 23.2 Å². The fourth-order valence-electron chi connectivity index (χ4n) is 2.85. The molecule has 1 aromatic heterocycles. The maximum Gasteiger partial charge on any atom is 0.416 e. The van der Waals surface area contributed by atoms with E-state index in [2.05, 4.69) is 31.1 Å². The van der Waals surface area contributed by atoms with E-state index in [1.54, 1.807) is 7.05 Å². The predicted molar refractivity (Wildman–Crippen MR) is 112 cm³/mol. The van der Waals surface area contributed by atoms with Crippen LogP contribution in [0.3, 0.4) is 0 Å². The normalized spacial score (nSPS) is 11.9. The molecule has 12 heteroatoms. The van der Waals surface area contributed by atoms with Crippen LogP contribution < -0.4 is 10.0 Å². The second-order valence-electron chi connectivity index (χ2n) is 6.58. The molecule has 0 saturated heterocycles. The Morgan fingerprint density at radius 3 is 2.42 bits per heavy atom. The number of anilines is 2. The van der Waals surface area contributed by atoms with Crippen LogP contribution in [0.15, 0.2) is 58.0 Å². The second kappa shape index (κ2) is 8.35. The van der Waals surface area contributed by atoms with Gasteiger partial charge in [0, 0.05) is 18.4 Å². The van der Waals surface area contributed by atoms with Crippen LogP contribution in [0.2, 0.25) is 0 Å². The second-order valence-corrected chi connectivity index (χ2v) is 9.09. The molecule has 164 valence electrons. The van der Waals surface area contributed by atoms with E-state index in [-0.39, 0.29) is 16.3 Å². The Bertz CT molecular complexity index is 1240. The zero-order valence-corrected chi connectivity index (χ0v) is 18.6. The minimum atomic E-state index is -4.60. The van der Waals surface area contributed by atoms with E-state index >= 15 is 0 Å². The number of aromatic nitrogens is 2. The zero-order chi connectivity index (χ0) is 23.0. The van der Waals surface area contributed by atoms with Crippen molar-refractivity contribution in [1.29, 1.82) is 0 Å². The monoisotopic (exact) mass is 516 g/mol. The first-order valence-corrected chi connectivity index (χ1v) is 11.0. The van der Waals surface area contributed by atoms with Crippen molar-refractivity contribution < 1.29 is 26.4 Å². The third-order valence-corrected chi connectivity index (χ3v) is 6.40. The standard InChI is InChI=1S/C19H16BrF3N4O3S/c1-11-8-13(25-18(28)17-15(20)10-24-27(17)2)6-7-16(11)31(29,30)26-14-5-3-4-12(9-14)19(21,22)23/h3-10,26H,1-2H3,(H,25,28). The Morgan fingerprint density at radius 2 is 1.84 bits per heavy atom. The number of amides is 1. The number of nitrogens with one attached hydrogen (secondary N) is 2. The molecule has 0 aliphatic heterocycles. The van der Waals surface area contributed by atoms with Crippen LogP contribution >= 0.6 is 15.9 Å². The van der Waals surface area contributed by atoms with Gasteiger partial charge in [-0.15, -0.1) is 0 Å². The van der Waals surface area contributed by atoms with Gasteiger partial charge in [-0.25, -0.2) is 8.42 Å². The zero-order valence-electron chi connectivity index (χ0n) is 16.2. The summed E-state index contributed by atoms with van der Waals surface area (Å²) >= 11 is 3.23. The molecule has 3 rings (SSSR count). The minimum absolute atomic E-state index is 0.135. The summed E-state index contributed by atoms with van der Waals surface area (Å²) in [5.74, 6) is -0.455. The number of carbonyl (C=O) groups excluding carboxylic acids is 1. The van der Waals surface area contributed by atoms with Gasteiger partial charge in [0.1, 0.15) is 5.69 Å². The van der Waals surface area contributed by atoms with Crippen molar-refractivity contribution in [1.82, 2.24) is 9.78 Å². The molecule has 0 aliphatic rings. The lowest BCUT2D eigenvalue weighted by atomic mass is 10.2. The largest absolute Gasteiger partial charge is 0.416 e. The minimum Gasteiger partial charge on any atom is -0.321 e. The number of hydrogen-bond acceptors (Lipinski definition) is 4. The third-order valence-electron chi connectivity index (χ3n) is 4.27. The molecule has 0 spiro atoms. The quantitative estimate of drug-likeness (QED) is 0.519. The van der Waals surface area contributed by atoms with Gasteiger partial charge in [-0.3, -0.25) is 14.2 Å². The van der Waals surface area contributed by atoms with Gasteiger partial charge >= 0.3 is 6.18 Å². The van der Waals surface area contributed by atoms with Crippen molar-refractivity contribution in [2.24, 2.45) is 7.05 Å². The first-order chi connectivity index (χ1) is 14.4. The lowest BCUT2D eigenvalue weighted by Crippen LogP contribution is -2.18. The number of rotatable bonds is 5. The van der Waals surface area contributed by atoms with E-state index in [0.717, 1.165) is 12.1 Å². The Hall–Kier alpha value is -2.86. The van der Waals surface area contributed by atoms with Crippen LogP contribution in [0.1, 0.15) is 21.6 Å². The SMILES string of the molecule is Cc1cc(NC(=O)c2c(Br)cnn2C)ccc1S(=O)(=O)Nc1cccc(C(F)(F)F)c1. The third kappa shape index (κ3) is 5.07. The van der Waals surface area contributed by atoms with E-state index in [9.17, 15) is 26.4 Å². The van der Waals surface area contributed by atoms with Gasteiger partial charge < -0.3 is 5.32 Å². The van der Waals surface area contributed by atoms with Crippen LogP contribution in [0.25, 0.3) is 0 Å². The number of benzene rings is 2. The average Bonchev–Trinajstić information content (AvgIpc) is 2.99. The number of carbonyl (C=O) groups is 1. The molecule has 2 aromatic carbocycles. The summed E-state index contributed by atoms with van der Waals surface area (Å²) in [5.41, 5.74) is -0.271. The molecule has 0 saturated carbocycles. The smallest absolute Gasteiger partial charge is 0.321 e. The summed E-state index contributed by atoms with van der Waals surface area (Å²) in [6.45, 7) is 1.51. The van der Waals surface area contributed by atoms with E-state index in [4.69, 9.17) is 0 Å². The van der Waals surface area contributed by atoms with Crippen molar-refractivity contribution in [3.8, 4) is 0 Å². The molecule has 3 aromatic rings. The summed E-state index contributed by atoms with van der Waals surface area (Å²) < 4.78 is 68.0. The molecule has 2 N–H and O–H groups in total. The highest BCUT2D eigenvalue weighted by Gasteiger charge is 2.31. The molecule has 31 heavy (non-hydrogen) atoms. The summed E-state index contributed by atoms with van der Waals surface area (Å²) in [6, 6.07) is 8.00. The van der Waals surface area contributed by atoms with Crippen LogP contribution in [0.4, 0.5) is 24.5 Å². The van der Waals surface area contributed by atoms with Crippen molar-refractivity contribution in [2.75, 3.05) is 10.0 Å². The van der Waals surface area contributed by atoms with Crippen molar-refractivity contribution in [2.45, 2.75) is 18.0 Å². The predicted octanol–water partition coefficient (Wildman–Crippen LogP) is 4.56. The van der Waals surface area contributed by atoms with Gasteiger partial charge in [0.05, 0.1) is 21.1 Å². The van der Waals surface area contributed by atoms with Gasteiger partial charge in [-0.2, -0.15) is 18.3 Å². The van der Waals surface area contributed by atoms with Gasteiger partial charge in [0.2, 0.25) is 0 Å². The topological polar surface area (TPSA) is 93.1 Å². The van der Waals surface area contributed by atoms with Crippen molar-refractivity contribution in [3.05, 3.63) is 70.0 Å². The summed E-state index contributed by atoms with van der Waals surface area (Å²) in [6.07, 6.45) is -3.13. The van der Waals surface area contributed by atoms with Gasteiger partial charge in [-0.05, 0) is 64.8 Å². The first-order valence-electron chi connectivity index (χ1n) is 8.68. The number of sulfonamides is 1. The average molecular weight is 517 g/mol. The number of hydrogen-bond donors (Lipinski definition) is 2. The highest BCUT2D eigenvalue weighted by Crippen LogP contribution is 2.31. The number of alkyl halides is 3. The molecule has 0 bridgehead atoms. The fourth-order valence-corrected chi connectivity index (χ4v) is 4.66. The molecule has 7 nitrogen and oxygen atoms in total. The van der Waals surface area contributed by atoms with Gasteiger partial charge in [-0.1, -0.05) is 6.07 Å². The van der Waals surface area contributed by atoms with E-state index in [1.807, 2.05) is 0 Å². The molecule has 1 heterocycles. The lowest BCUT2D eigenvalue weighted by Gasteiger charge is -2.14. The number of aryl methyl sites for hydroxylation is 2. The summed E-state index contributed by atoms with van der Waals surface area (Å²) in [4.78, 5) is 12.3. The lowest BCUT2D eigenvalue weighted by molar-refractivity contribution is -0.137.